The van der Waals surface area contributed by atoms with E-state index in [0.29, 0.717) is 12.2 Å². The van der Waals surface area contributed by atoms with E-state index in [1.807, 2.05) is 6.92 Å². The van der Waals surface area contributed by atoms with Gasteiger partial charge in [0.2, 0.25) is 0 Å². The van der Waals surface area contributed by atoms with E-state index in [4.69, 9.17) is 5.73 Å². The Labute approximate surface area is 89.6 Å². The van der Waals surface area contributed by atoms with Gasteiger partial charge in [-0.3, -0.25) is 9.48 Å². The lowest BCUT2D eigenvalue weighted by atomic mass is 10.1. The van der Waals surface area contributed by atoms with Crippen LogP contribution in [0.2, 0.25) is 0 Å². The van der Waals surface area contributed by atoms with E-state index in [-0.39, 0.29) is 11.9 Å². The first-order chi connectivity index (χ1) is 7.17. The van der Waals surface area contributed by atoms with Crippen LogP contribution in [-0.2, 0) is 7.05 Å². The molecule has 0 saturated carbocycles. The minimum Gasteiger partial charge on any atom is -0.348 e. The zero-order valence-electron chi connectivity index (χ0n) is 9.23. The summed E-state index contributed by atoms with van der Waals surface area (Å²) in [4.78, 5) is 11.7. The number of aromatic nitrogens is 2. The van der Waals surface area contributed by atoms with Crippen molar-refractivity contribution in [2.45, 2.75) is 25.8 Å². The Morgan fingerprint density at radius 1 is 1.73 bits per heavy atom. The molecule has 0 aromatic carbocycles. The quantitative estimate of drug-likeness (QED) is 0.733. The smallest absolute Gasteiger partial charge is 0.271 e. The van der Waals surface area contributed by atoms with Gasteiger partial charge in [-0.05, 0) is 25.5 Å². The number of nitrogens with one attached hydrogen (secondary N) is 1. The van der Waals surface area contributed by atoms with Crippen molar-refractivity contribution in [3.8, 4) is 0 Å². The SMILES string of the molecule is CCC(CCN)NC(=O)c1ccn(C)n1. The van der Waals surface area contributed by atoms with E-state index in [1.54, 1.807) is 24.0 Å². The second kappa shape index (κ2) is 5.50. The van der Waals surface area contributed by atoms with Crippen molar-refractivity contribution >= 4 is 5.91 Å². The highest BCUT2D eigenvalue weighted by Gasteiger charge is 2.13. The predicted molar refractivity (Wildman–Crippen MR) is 58.4 cm³/mol. The Morgan fingerprint density at radius 3 is 2.93 bits per heavy atom. The Hall–Kier alpha value is -1.36. The molecule has 0 spiro atoms. The molecule has 0 saturated heterocycles. The van der Waals surface area contributed by atoms with Crippen molar-refractivity contribution in [1.29, 1.82) is 0 Å². The monoisotopic (exact) mass is 210 g/mol. The molecule has 0 aliphatic carbocycles. The number of carbonyl (C=O) groups excluding carboxylic acids is 1. The van der Waals surface area contributed by atoms with Gasteiger partial charge < -0.3 is 11.1 Å². The maximum Gasteiger partial charge on any atom is 0.271 e. The molecule has 0 aliphatic heterocycles. The summed E-state index contributed by atoms with van der Waals surface area (Å²) in [5, 5.41) is 6.93. The highest BCUT2D eigenvalue weighted by molar-refractivity contribution is 5.92. The fourth-order valence-corrected chi connectivity index (χ4v) is 1.38. The maximum absolute atomic E-state index is 11.7. The summed E-state index contributed by atoms with van der Waals surface area (Å²) in [5.41, 5.74) is 5.90. The van der Waals surface area contributed by atoms with E-state index >= 15 is 0 Å². The normalized spacial score (nSPS) is 12.5. The van der Waals surface area contributed by atoms with E-state index in [2.05, 4.69) is 10.4 Å². The number of amides is 1. The highest BCUT2D eigenvalue weighted by Crippen LogP contribution is 1.99. The fourth-order valence-electron chi connectivity index (χ4n) is 1.38. The zero-order chi connectivity index (χ0) is 11.3. The summed E-state index contributed by atoms with van der Waals surface area (Å²) in [5.74, 6) is -0.129. The molecule has 84 valence electrons. The van der Waals surface area contributed by atoms with Crippen LogP contribution in [0.5, 0.6) is 0 Å². The Bertz CT molecular complexity index is 321. The number of hydrogen-bond donors (Lipinski definition) is 2. The van der Waals surface area contributed by atoms with Crippen molar-refractivity contribution in [2.24, 2.45) is 12.8 Å². The van der Waals surface area contributed by atoms with Crippen molar-refractivity contribution in [3.63, 3.8) is 0 Å². The van der Waals surface area contributed by atoms with E-state index < -0.39 is 0 Å². The van der Waals surface area contributed by atoms with Gasteiger partial charge in [-0.15, -0.1) is 0 Å². The minimum absolute atomic E-state index is 0.129. The predicted octanol–water partition coefficient (Wildman–Crippen LogP) is 0.277. The van der Waals surface area contributed by atoms with Gasteiger partial charge in [0, 0.05) is 19.3 Å². The lowest BCUT2D eigenvalue weighted by molar-refractivity contribution is 0.0928. The van der Waals surface area contributed by atoms with Gasteiger partial charge >= 0.3 is 0 Å². The third kappa shape index (κ3) is 3.36. The molecule has 0 fully saturated rings. The Morgan fingerprint density at radius 2 is 2.47 bits per heavy atom. The van der Waals surface area contributed by atoms with Crippen LogP contribution >= 0.6 is 0 Å². The first-order valence-electron chi connectivity index (χ1n) is 5.18. The summed E-state index contributed by atoms with van der Waals surface area (Å²) in [6.07, 6.45) is 3.43. The molecule has 5 nitrogen and oxygen atoms in total. The summed E-state index contributed by atoms with van der Waals surface area (Å²) >= 11 is 0. The van der Waals surface area contributed by atoms with Crippen molar-refractivity contribution < 1.29 is 4.79 Å². The number of hydrogen-bond acceptors (Lipinski definition) is 3. The van der Waals surface area contributed by atoms with Crippen LogP contribution in [0.3, 0.4) is 0 Å². The van der Waals surface area contributed by atoms with Gasteiger partial charge in [-0.2, -0.15) is 5.10 Å². The summed E-state index contributed by atoms with van der Waals surface area (Å²) in [6, 6.07) is 1.84. The molecule has 3 N–H and O–H groups in total. The molecule has 1 heterocycles. The maximum atomic E-state index is 11.7. The van der Waals surface area contributed by atoms with E-state index in [9.17, 15) is 4.79 Å². The molecule has 1 aromatic rings. The van der Waals surface area contributed by atoms with Crippen LogP contribution in [0.1, 0.15) is 30.3 Å². The summed E-state index contributed by atoms with van der Waals surface area (Å²) in [6.45, 7) is 2.61. The molecule has 1 amide bonds. The molecule has 0 radical (unpaired) electrons. The lowest BCUT2D eigenvalue weighted by Crippen LogP contribution is -2.36. The average Bonchev–Trinajstić information content (AvgIpc) is 2.64. The molecule has 15 heavy (non-hydrogen) atoms. The van der Waals surface area contributed by atoms with Crippen molar-refractivity contribution in [3.05, 3.63) is 18.0 Å². The zero-order valence-corrected chi connectivity index (χ0v) is 9.23. The summed E-state index contributed by atoms with van der Waals surface area (Å²) in [7, 11) is 1.79. The van der Waals surface area contributed by atoms with Gasteiger partial charge in [0.1, 0.15) is 5.69 Å². The molecular formula is C10H18N4O. The largest absolute Gasteiger partial charge is 0.348 e. The lowest BCUT2D eigenvalue weighted by Gasteiger charge is -2.14. The number of nitrogens with zero attached hydrogens (tertiary/aromatic N) is 2. The number of aryl methyl sites for hydroxylation is 1. The molecule has 5 heteroatoms. The molecule has 1 rings (SSSR count). The van der Waals surface area contributed by atoms with Gasteiger partial charge in [0.05, 0.1) is 0 Å². The topological polar surface area (TPSA) is 72.9 Å². The van der Waals surface area contributed by atoms with E-state index in [1.165, 1.54) is 0 Å². The van der Waals surface area contributed by atoms with Crippen LogP contribution in [0.25, 0.3) is 0 Å². The Kier molecular flexibility index (Phi) is 4.30. The molecular weight excluding hydrogens is 192 g/mol. The van der Waals surface area contributed by atoms with Gasteiger partial charge in [0.15, 0.2) is 0 Å². The number of carbonyl (C=O) groups is 1. The van der Waals surface area contributed by atoms with Gasteiger partial charge in [-0.1, -0.05) is 6.92 Å². The number of nitrogens with two attached hydrogens (primary N) is 1. The standard InChI is InChI=1S/C10H18N4O/c1-3-8(4-6-11)12-10(15)9-5-7-14(2)13-9/h5,7-8H,3-4,6,11H2,1-2H3,(H,12,15). The first-order valence-corrected chi connectivity index (χ1v) is 5.18. The highest BCUT2D eigenvalue weighted by atomic mass is 16.2. The van der Waals surface area contributed by atoms with Gasteiger partial charge in [0.25, 0.3) is 5.91 Å². The molecule has 0 aliphatic rings. The average molecular weight is 210 g/mol. The molecule has 1 atom stereocenters. The Balaban J connectivity index is 2.54. The fraction of sp³-hybridized carbons (Fsp3) is 0.600. The third-order valence-electron chi connectivity index (χ3n) is 2.29. The summed E-state index contributed by atoms with van der Waals surface area (Å²) < 4.78 is 1.61. The third-order valence-corrected chi connectivity index (χ3v) is 2.29. The van der Waals surface area contributed by atoms with Crippen LogP contribution in [0.15, 0.2) is 12.3 Å². The van der Waals surface area contributed by atoms with Crippen LogP contribution < -0.4 is 11.1 Å². The molecule has 1 unspecified atom stereocenters. The molecule has 1 aromatic heterocycles. The van der Waals surface area contributed by atoms with Gasteiger partial charge in [-0.25, -0.2) is 0 Å². The van der Waals surface area contributed by atoms with E-state index in [0.717, 1.165) is 12.8 Å². The molecule has 0 bridgehead atoms. The second-order valence-electron chi connectivity index (χ2n) is 3.53. The second-order valence-corrected chi connectivity index (χ2v) is 3.53. The first kappa shape index (κ1) is 11.7. The van der Waals surface area contributed by atoms with Crippen LogP contribution in [-0.4, -0.2) is 28.3 Å². The van der Waals surface area contributed by atoms with Crippen molar-refractivity contribution in [2.75, 3.05) is 6.54 Å². The van der Waals surface area contributed by atoms with Crippen LogP contribution in [0, 0.1) is 0 Å². The van der Waals surface area contributed by atoms with Crippen LogP contribution in [0.4, 0.5) is 0 Å². The van der Waals surface area contributed by atoms with Crippen molar-refractivity contribution in [1.82, 2.24) is 15.1 Å². The number of rotatable bonds is 5. The minimum atomic E-state index is -0.129.